The molecule has 0 bridgehead atoms. The summed E-state index contributed by atoms with van der Waals surface area (Å²) in [6.07, 6.45) is 0. The Balaban J connectivity index is 3.24. The molecule has 0 rings (SSSR count). The Morgan fingerprint density at radius 3 is 2.50 bits per heavy atom. The molecule has 0 radical (unpaired) electrons. The van der Waals surface area contributed by atoms with Gasteiger partial charge in [0.05, 0.1) is 6.61 Å². The van der Waals surface area contributed by atoms with Gasteiger partial charge in [0, 0.05) is 11.7 Å². The van der Waals surface area contributed by atoms with Crippen molar-refractivity contribution in [2.75, 3.05) is 6.61 Å². The van der Waals surface area contributed by atoms with E-state index < -0.39 is 0 Å². The van der Waals surface area contributed by atoms with Crippen LogP contribution in [0.4, 0.5) is 0 Å². The maximum Gasteiger partial charge on any atom is 0.0630 e. The smallest absolute Gasteiger partial charge is 0.0630 e. The molecular formula is C6H13NO. The van der Waals surface area contributed by atoms with Crippen molar-refractivity contribution in [1.82, 2.24) is 5.32 Å². The Morgan fingerprint density at radius 2 is 2.38 bits per heavy atom. The van der Waals surface area contributed by atoms with Crippen LogP contribution in [0.2, 0.25) is 0 Å². The van der Waals surface area contributed by atoms with E-state index in [9.17, 15) is 0 Å². The molecule has 0 saturated carbocycles. The first kappa shape index (κ1) is 7.50. The van der Waals surface area contributed by atoms with Crippen molar-refractivity contribution in [2.24, 2.45) is 0 Å². The largest absolute Gasteiger partial charge is 0.394 e. The average Bonchev–Trinajstić information content (AvgIpc) is 1.65. The molecule has 0 spiro atoms. The lowest BCUT2D eigenvalue weighted by molar-refractivity contribution is 0.259. The van der Waals surface area contributed by atoms with E-state index in [1.165, 1.54) is 0 Å². The van der Waals surface area contributed by atoms with E-state index in [-0.39, 0.29) is 12.6 Å². The fourth-order valence-corrected chi connectivity index (χ4v) is 0.466. The summed E-state index contributed by atoms with van der Waals surface area (Å²) in [4.78, 5) is 0. The predicted octanol–water partition coefficient (Wildman–Crippen LogP) is 0.490. The van der Waals surface area contributed by atoms with Crippen molar-refractivity contribution in [3.8, 4) is 0 Å². The minimum absolute atomic E-state index is 0.132. The normalized spacial score (nSPS) is 12.9. The number of rotatable bonds is 3. The molecule has 0 aromatic heterocycles. The van der Waals surface area contributed by atoms with Gasteiger partial charge in [-0.25, -0.2) is 0 Å². The molecule has 0 aliphatic carbocycles. The fourth-order valence-electron chi connectivity index (χ4n) is 0.466. The highest BCUT2D eigenvalue weighted by atomic mass is 16.3. The van der Waals surface area contributed by atoms with Gasteiger partial charge in [-0.15, -0.1) is 0 Å². The van der Waals surface area contributed by atoms with Gasteiger partial charge in [0.25, 0.3) is 0 Å². The predicted molar refractivity (Wildman–Crippen MR) is 34.5 cm³/mol. The molecule has 8 heavy (non-hydrogen) atoms. The Bertz CT molecular complexity index is 80.6. The van der Waals surface area contributed by atoms with Crippen LogP contribution in [0.1, 0.15) is 13.8 Å². The Morgan fingerprint density at radius 1 is 1.88 bits per heavy atom. The van der Waals surface area contributed by atoms with Gasteiger partial charge in [0.2, 0.25) is 0 Å². The van der Waals surface area contributed by atoms with Crippen molar-refractivity contribution in [3.63, 3.8) is 0 Å². The van der Waals surface area contributed by atoms with Crippen LogP contribution >= 0.6 is 0 Å². The standard InChI is InChI=1S/C6H13NO/c1-5(2)7-6(3)4-8/h6-8H,1,4H2,2-3H3. The lowest BCUT2D eigenvalue weighted by Gasteiger charge is -2.10. The summed E-state index contributed by atoms with van der Waals surface area (Å²) in [6.45, 7) is 7.55. The molecule has 2 nitrogen and oxygen atoms in total. The quantitative estimate of drug-likeness (QED) is 0.561. The molecular weight excluding hydrogens is 102 g/mol. The van der Waals surface area contributed by atoms with E-state index >= 15 is 0 Å². The van der Waals surface area contributed by atoms with Crippen LogP contribution in [0.15, 0.2) is 12.3 Å². The van der Waals surface area contributed by atoms with Crippen molar-refractivity contribution < 1.29 is 5.11 Å². The first-order valence-electron chi connectivity index (χ1n) is 2.69. The highest BCUT2D eigenvalue weighted by Gasteiger charge is 1.94. The summed E-state index contributed by atoms with van der Waals surface area (Å²) in [5, 5.41) is 11.4. The summed E-state index contributed by atoms with van der Waals surface area (Å²) in [6, 6.07) is 0.132. The number of allylic oxidation sites excluding steroid dienone is 1. The second kappa shape index (κ2) is 3.50. The zero-order chi connectivity index (χ0) is 6.57. The summed E-state index contributed by atoms with van der Waals surface area (Å²) in [5.74, 6) is 0. The number of hydrogen-bond donors (Lipinski definition) is 2. The number of hydrogen-bond acceptors (Lipinski definition) is 2. The molecule has 48 valence electrons. The van der Waals surface area contributed by atoms with Crippen LogP contribution in [0.3, 0.4) is 0 Å². The van der Waals surface area contributed by atoms with Crippen LogP contribution in [-0.2, 0) is 0 Å². The Kier molecular flexibility index (Phi) is 3.28. The molecule has 1 unspecified atom stereocenters. The van der Waals surface area contributed by atoms with E-state index in [0.717, 1.165) is 5.70 Å². The highest BCUT2D eigenvalue weighted by Crippen LogP contribution is 1.83. The van der Waals surface area contributed by atoms with Crippen LogP contribution in [0, 0.1) is 0 Å². The second-order valence-electron chi connectivity index (χ2n) is 2.01. The summed E-state index contributed by atoms with van der Waals surface area (Å²) in [5.41, 5.74) is 0.895. The maximum absolute atomic E-state index is 8.48. The monoisotopic (exact) mass is 115 g/mol. The molecule has 2 N–H and O–H groups in total. The maximum atomic E-state index is 8.48. The van der Waals surface area contributed by atoms with Crippen molar-refractivity contribution >= 4 is 0 Å². The highest BCUT2D eigenvalue weighted by molar-refractivity contribution is 4.86. The number of aliphatic hydroxyl groups excluding tert-OH is 1. The number of aliphatic hydroxyl groups is 1. The minimum Gasteiger partial charge on any atom is -0.394 e. The van der Waals surface area contributed by atoms with Gasteiger partial charge in [-0.05, 0) is 13.8 Å². The van der Waals surface area contributed by atoms with Gasteiger partial charge < -0.3 is 10.4 Å². The molecule has 0 aliphatic rings. The summed E-state index contributed by atoms with van der Waals surface area (Å²) in [7, 11) is 0. The zero-order valence-corrected chi connectivity index (χ0v) is 5.44. The number of nitrogens with one attached hydrogen (secondary N) is 1. The third-order valence-electron chi connectivity index (χ3n) is 0.767. The van der Waals surface area contributed by atoms with E-state index in [1.807, 2.05) is 13.8 Å². The van der Waals surface area contributed by atoms with Crippen molar-refractivity contribution in [3.05, 3.63) is 12.3 Å². The molecule has 0 saturated heterocycles. The topological polar surface area (TPSA) is 32.3 Å². The molecule has 0 aliphatic heterocycles. The summed E-state index contributed by atoms with van der Waals surface area (Å²) >= 11 is 0. The SMILES string of the molecule is C=C(C)NC(C)CO. The van der Waals surface area contributed by atoms with Crippen LogP contribution in [0.5, 0.6) is 0 Å². The molecule has 0 aromatic rings. The van der Waals surface area contributed by atoms with Crippen molar-refractivity contribution in [2.45, 2.75) is 19.9 Å². The average molecular weight is 115 g/mol. The minimum atomic E-state index is 0.132. The first-order chi connectivity index (χ1) is 3.66. The third kappa shape index (κ3) is 3.68. The lowest BCUT2D eigenvalue weighted by Crippen LogP contribution is -2.26. The molecule has 0 amide bonds. The van der Waals surface area contributed by atoms with E-state index in [4.69, 9.17) is 5.11 Å². The van der Waals surface area contributed by atoms with Crippen LogP contribution < -0.4 is 5.32 Å². The molecule has 2 heteroatoms. The first-order valence-corrected chi connectivity index (χ1v) is 2.69. The third-order valence-corrected chi connectivity index (χ3v) is 0.767. The van der Waals surface area contributed by atoms with Gasteiger partial charge in [-0.2, -0.15) is 0 Å². The van der Waals surface area contributed by atoms with Crippen LogP contribution in [-0.4, -0.2) is 17.8 Å². The Hall–Kier alpha value is -0.500. The van der Waals surface area contributed by atoms with Gasteiger partial charge in [-0.1, -0.05) is 6.58 Å². The molecule has 0 aromatic carbocycles. The molecule has 0 heterocycles. The van der Waals surface area contributed by atoms with Crippen LogP contribution in [0.25, 0.3) is 0 Å². The summed E-state index contributed by atoms with van der Waals surface area (Å²) < 4.78 is 0. The fraction of sp³-hybridized carbons (Fsp3) is 0.667. The molecule has 0 fully saturated rings. The molecule has 1 atom stereocenters. The zero-order valence-electron chi connectivity index (χ0n) is 5.44. The van der Waals surface area contributed by atoms with Gasteiger partial charge in [0.1, 0.15) is 0 Å². The Labute approximate surface area is 50.2 Å². The van der Waals surface area contributed by atoms with E-state index in [2.05, 4.69) is 11.9 Å². The lowest BCUT2D eigenvalue weighted by atomic mass is 10.3. The van der Waals surface area contributed by atoms with Crippen molar-refractivity contribution in [1.29, 1.82) is 0 Å². The second-order valence-corrected chi connectivity index (χ2v) is 2.01. The van der Waals surface area contributed by atoms with Gasteiger partial charge in [0.15, 0.2) is 0 Å². The van der Waals surface area contributed by atoms with Gasteiger partial charge in [-0.3, -0.25) is 0 Å². The van der Waals surface area contributed by atoms with Gasteiger partial charge >= 0.3 is 0 Å². The van der Waals surface area contributed by atoms with E-state index in [1.54, 1.807) is 0 Å². The van der Waals surface area contributed by atoms with E-state index in [0.29, 0.717) is 0 Å².